The van der Waals surface area contributed by atoms with E-state index in [0.717, 1.165) is 12.8 Å². The van der Waals surface area contributed by atoms with Crippen LogP contribution in [-0.4, -0.2) is 50.9 Å². The van der Waals surface area contributed by atoms with Gasteiger partial charge in [-0.2, -0.15) is 17.4 Å². The van der Waals surface area contributed by atoms with Gasteiger partial charge in [0.05, 0.1) is 12.7 Å². The standard InChI is InChI=1S/C10H20N2O4S/c1-10(2)15-8-9(16-10)7-11-17(13,14)12-5-3-4-6-12/h9,11H,3-8H2,1-2H3. The summed E-state index contributed by atoms with van der Waals surface area (Å²) in [5, 5.41) is 0. The number of nitrogens with one attached hydrogen (secondary N) is 1. The highest BCUT2D eigenvalue weighted by atomic mass is 32.2. The molecule has 2 aliphatic heterocycles. The van der Waals surface area contributed by atoms with E-state index in [1.54, 1.807) is 0 Å². The fourth-order valence-corrected chi connectivity index (χ4v) is 3.40. The smallest absolute Gasteiger partial charge is 0.279 e. The van der Waals surface area contributed by atoms with E-state index in [-0.39, 0.29) is 12.6 Å². The van der Waals surface area contributed by atoms with Crippen LogP contribution in [-0.2, 0) is 19.7 Å². The van der Waals surface area contributed by atoms with Crippen molar-refractivity contribution in [3.05, 3.63) is 0 Å². The van der Waals surface area contributed by atoms with Gasteiger partial charge in [-0.25, -0.2) is 0 Å². The molecule has 0 saturated carbocycles. The maximum atomic E-state index is 11.9. The molecule has 100 valence electrons. The number of hydrogen-bond acceptors (Lipinski definition) is 4. The van der Waals surface area contributed by atoms with Crippen LogP contribution in [0.3, 0.4) is 0 Å². The summed E-state index contributed by atoms with van der Waals surface area (Å²) in [4.78, 5) is 0. The zero-order valence-corrected chi connectivity index (χ0v) is 11.1. The third-order valence-electron chi connectivity index (χ3n) is 2.97. The van der Waals surface area contributed by atoms with Crippen molar-refractivity contribution in [2.45, 2.75) is 38.6 Å². The molecule has 1 unspecified atom stereocenters. The maximum absolute atomic E-state index is 11.9. The molecule has 2 saturated heterocycles. The van der Waals surface area contributed by atoms with Crippen LogP contribution in [0.25, 0.3) is 0 Å². The molecule has 2 rings (SSSR count). The van der Waals surface area contributed by atoms with Crippen LogP contribution in [0.4, 0.5) is 0 Å². The van der Waals surface area contributed by atoms with Crippen LogP contribution in [0.15, 0.2) is 0 Å². The first kappa shape index (κ1) is 13.2. The van der Waals surface area contributed by atoms with E-state index in [2.05, 4.69) is 4.72 Å². The predicted molar refractivity (Wildman–Crippen MR) is 62.6 cm³/mol. The second kappa shape index (κ2) is 4.81. The first-order valence-electron chi connectivity index (χ1n) is 5.96. The molecule has 0 amide bonds. The van der Waals surface area contributed by atoms with Gasteiger partial charge in [0.15, 0.2) is 5.79 Å². The van der Waals surface area contributed by atoms with E-state index in [1.165, 1.54) is 4.31 Å². The minimum atomic E-state index is -3.34. The Morgan fingerprint density at radius 2 is 2.00 bits per heavy atom. The van der Waals surface area contributed by atoms with E-state index >= 15 is 0 Å². The van der Waals surface area contributed by atoms with Crippen LogP contribution in [0.1, 0.15) is 26.7 Å². The Kier molecular flexibility index (Phi) is 3.74. The van der Waals surface area contributed by atoms with Gasteiger partial charge < -0.3 is 9.47 Å². The quantitative estimate of drug-likeness (QED) is 0.780. The van der Waals surface area contributed by atoms with Gasteiger partial charge in [-0.1, -0.05) is 0 Å². The van der Waals surface area contributed by atoms with Crippen molar-refractivity contribution in [2.24, 2.45) is 0 Å². The van der Waals surface area contributed by atoms with Gasteiger partial charge in [-0.3, -0.25) is 0 Å². The van der Waals surface area contributed by atoms with Crippen molar-refractivity contribution < 1.29 is 17.9 Å². The molecular weight excluding hydrogens is 244 g/mol. The minimum absolute atomic E-state index is 0.206. The van der Waals surface area contributed by atoms with E-state index in [4.69, 9.17) is 9.47 Å². The zero-order chi connectivity index (χ0) is 12.5. The summed E-state index contributed by atoms with van der Waals surface area (Å²) >= 11 is 0. The molecule has 0 aliphatic carbocycles. The maximum Gasteiger partial charge on any atom is 0.279 e. The van der Waals surface area contributed by atoms with Gasteiger partial charge in [0.2, 0.25) is 0 Å². The Morgan fingerprint density at radius 3 is 2.53 bits per heavy atom. The van der Waals surface area contributed by atoms with E-state index in [1.807, 2.05) is 13.8 Å². The van der Waals surface area contributed by atoms with Crippen LogP contribution in [0.5, 0.6) is 0 Å². The van der Waals surface area contributed by atoms with Crippen molar-refractivity contribution in [3.63, 3.8) is 0 Å². The molecule has 6 nitrogen and oxygen atoms in total. The monoisotopic (exact) mass is 264 g/mol. The summed E-state index contributed by atoms with van der Waals surface area (Å²) in [6.07, 6.45) is 1.68. The zero-order valence-electron chi connectivity index (χ0n) is 10.3. The highest BCUT2D eigenvalue weighted by molar-refractivity contribution is 7.87. The second-order valence-electron chi connectivity index (χ2n) is 4.91. The number of rotatable bonds is 4. The average Bonchev–Trinajstić information content (AvgIpc) is 2.84. The van der Waals surface area contributed by atoms with Gasteiger partial charge in [0.25, 0.3) is 10.2 Å². The van der Waals surface area contributed by atoms with Crippen LogP contribution >= 0.6 is 0 Å². The van der Waals surface area contributed by atoms with Crippen molar-refractivity contribution >= 4 is 10.2 Å². The molecule has 0 aromatic heterocycles. The molecule has 0 bridgehead atoms. The van der Waals surface area contributed by atoms with Crippen molar-refractivity contribution in [2.75, 3.05) is 26.2 Å². The Balaban J connectivity index is 1.82. The van der Waals surface area contributed by atoms with E-state index in [0.29, 0.717) is 19.7 Å². The largest absolute Gasteiger partial charge is 0.348 e. The van der Waals surface area contributed by atoms with Crippen LogP contribution < -0.4 is 4.72 Å². The van der Waals surface area contributed by atoms with Gasteiger partial charge in [-0.05, 0) is 26.7 Å². The third kappa shape index (κ3) is 3.38. The second-order valence-corrected chi connectivity index (χ2v) is 6.67. The van der Waals surface area contributed by atoms with Gasteiger partial charge in [0.1, 0.15) is 0 Å². The van der Waals surface area contributed by atoms with Crippen LogP contribution in [0.2, 0.25) is 0 Å². The summed E-state index contributed by atoms with van der Waals surface area (Å²) in [5.41, 5.74) is 0. The number of nitrogens with zero attached hydrogens (tertiary/aromatic N) is 1. The molecule has 0 spiro atoms. The lowest BCUT2D eigenvalue weighted by Gasteiger charge is -2.19. The topological polar surface area (TPSA) is 67.9 Å². The normalized spacial score (nSPS) is 29.9. The van der Waals surface area contributed by atoms with Crippen molar-refractivity contribution in [3.8, 4) is 0 Å². The predicted octanol–water partition coefficient (Wildman–Crippen LogP) is 0.0681. The summed E-state index contributed by atoms with van der Waals surface area (Å²) in [6.45, 7) is 5.56. The van der Waals surface area contributed by atoms with Crippen LogP contribution in [0, 0.1) is 0 Å². The molecule has 0 radical (unpaired) electrons. The Labute approximate surface area is 102 Å². The first-order chi connectivity index (χ1) is 7.89. The lowest BCUT2D eigenvalue weighted by atomic mass is 10.4. The Hall–Kier alpha value is -0.210. The fraction of sp³-hybridized carbons (Fsp3) is 1.00. The lowest BCUT2D eigenvalue weighted by molar-refractivity contribution is -0.137. The molecule has 1 N–H and O–H groups in total. The van der Waals surface area contributed by atoms with E-state index in [9.17, 15) is 8.42 Å². The summed E-state index contributed by atoms with van der Waals surface area (Å²) < 4.78 is 38.7. The number of hydrogen-bond donors (Lipinski definition) is 1. The molecule has 1 atom stereocenters. The van der Waals surface area contributed by atoms with Crippen molar-refractivity contribution in [1.82, 2.24) is 9.03 Å². The average molecular weight is 264 g/mol. The van der Waals surface area contributed by atoms with Gasteiger partial charge in [-0.15, -0.1) is 0 Å². The molecule has 0 aromatic carbocycles. The molecule has 2 heterocycles. The summed E-state index contributed by atoms with van der Waals surface area (Å²) in [7, 11) is -3.34. The minimum Gasteiger partial charge on any atom is -0.348 e. The summed E-state index contributed by atoms with van der Waals surface area (Å²) in [6, 6.07) is 0. The van der Waals surface area contributed by atoms with Crippen molar-refractivity contribution in [1.29, 1.82) is 0 Å². The molecule has 2 fully saturated rings. The molecular formula is C10H20N2O4S. The Bertz CT molecular complexity index is 363. The molecule has 17 heavy (non-hydrogen) atoms. The highest BCUT2D eigenvalue weighted by Crippen LogP contribution is 2.22. The molecule has 0 aromatic rings. The van der Waals surface area contributed by atoms with Gasteiger partial charge >= 0.3 is 0 Å². The fourth-order valence-electron chi connectivity index (χ4n) is 2.08. The third-order valence-corrected chi connectivity index (χ3v) is 4.54. The first-order valence-corrected chi connectivity index (χ1v) is 7.40. The van der Waals surface area contributed by atoms with E-state index < -0.39 is 16.0 Å². The molecule has 2 aliphatic rings. The highest BCUT2D eigenvalue weighted by Gasteiger charge is 2.34. The Morgan fingerprint density at radius 1 is 1.35 bits per heavy atom. The number of ether oxygens (including phenoxy) is 2. The lowest BCUT2D eigenvalue weighted by Crippen LogP contribution is -2.42. The SMILES string of the molecule is CC1(C)OCC(CNS(=O)(=O)N2CCCC2)O1. The molecule has 7 heteroatoms. The van der Waals surface area contributed by atoms with Gasteiger partial charge in [0, 0.05) is 19.6 Å². The summed E-state index contributed by atoms with van der Waals surface area (Å²) in [5.74, 6) is -0.607.